The number of aliphatic hydroxyl groups is 1. The second kappa shape index (κ2) is 4.37. The lowest BCUT2D eigenvalue weighted by atomic mass is 10.1. The van der Waals surface area contributed by atoms with Gasteiger partial charge in [-0.1, -0.05) is 17.7 Å². The fourth-order valence-electron chi connectivity index (χ4n) is 2.93. The molecule has 1 amide bonds. The van der Waals surface area contributed by atoms with Crippen LogP contribution in [0.15, 0.2) is 18.2 Å². The van der Waals surface area contributed by atoms with Gasteiger partial charge in [-0.05, 0) is 32.4 Å². The summed E-state index contributed by atoms with van der Waals surface area (Å²) in [6.07, 6.45) is 1.23. The predicted octanol–water partition coefficient (Wildman–Crippen LogP) is 1.19. The van der Waals surface area contributed by atoms with Crippen LogP contribution in [0.25, 0.3) is 0 Å². The Balaban J connectivity index is 1.93. The van der Waals surface area contributed by atoms with Crippen LogP contribution in [0.2, 0.25) is 0 Å². The normalized spacial score (nSPS) is 27.4. The van der Waals surface area contributed by atoms with Crippen molar-refractivity contribution >= 4 is 5.91 Å². The molecular weight excluding hydrogens is 228 g/mol. The molecule has 2 N–H and O–H groups in total. The quantitative estimate of drug-likeness (QED) is 0.782. The Morgan fingerprint density at radius 3 is 3.00 bits per heavy atom. The van der Waals surface area contributed by atoms with Gasteiger partial charge in [0.2, 0.25) is 0 Å². The molecule has 0 radical (unpaired) electrons. The van der Waals surface area contributed by atoms with Crippen molar-refractivity contribution in [3.05, 3.63) is 34.9 Å². The number of amides is 1. The summed E-state index contributed by atoms with van der Waals surface area (Å²) in [6.45, 7) is 3.75. The molecule has 0 spiro atoms. The van der Waals surface area contributed by atoms with Crippen LogP contribution >= 0.6 is 0 Å². The molecule has 2 aliphatic heterocycles. The highest BCUT2D eigenvalue weighted by Crippen LogP contribution is 2.35. The molecule has 0 saturated carbocycles. The Hall–Kier alpha value is -1.39. The van der Waals surface area contributed by atoms with Crippen LogP contribution in [0.1, 0.15) is 40.6 Å². The lowest BCUT2D eigenvalue weighted by molar-refractivity contribution is -0.00784. The van der Waals surface area contributed by atoms with E-state index < -0.39 is 6.23 Å². The molecule has 0 bridgehead atoms. The number of aryl methyl sites for hydroxylation is 1. The Morgan fingerprint density at radius 1 is 1.44 bits per heavy atom. The van der Waals surface area contributed by atoms with Crippen molar-refractivity contribution < 1.29 is 9.90 Å². The van der Waals surface area contributed by atoms with Crippen molar-refractivity contribution in [1.82, 2.24) is 10.2 Å². The van der Waals surface area contributed by atoms with Crippen LogP contribution in [0.4, 0.5) is 0 Å². The lowest BCUT2D eigenvalue weighted by Gasteiger charge is -2.33. The maximum absolute atomic E-state index is 12.4. The van der Waals surface area contributed by atoms with E-state index in [1.807, 2.05) is 25.1 Å². The monoisotopic (exact) mass is 246 g/mol. The molecular formula is C14H18N2O2. The van der Waals surface area contributed by atoms with E-state index >= 15 is 0 Å². The summed E-state index contributed by atoms with van der Waals surface area (Å²) in [5, 5.41) is 13.7. The molecule has 0 aliphatic carbocycles. The third-order valence-corrected chi connectivity index (χ3v) is 3.88. The first kappa shape index (κ1) is 11.7. The average molecular weight is 246 g/mol. The van der Waals surface area contributed by atoms with Gasteiger partial charge in [0.25, 0.3) is 5.91 Å². The molecule has 1 aromatic rings. The zero-order valence-corrected chi connectivity index (χ0v) is 10.5. The number of carbonyl (C=O) groups is 1. The van der Waals surface area contributed by atoms with E-state index in [9.17, 15) is 9.90 Å². The summed E-state index contributed by atoms with van der Waals surface area (Å²) in [6, 6.07) is 5.76. The molecule has 4 nitrogen and oxygen atoms in total. The predicted molar refractivity (Wildman–Crippen MR) is 68.2 cm³/mol. The Morgan fingerprint density at radius 2 is 2.28 bits per heavy atom. The topological polar surface area (TPSA) is 52.6 Å². The molecule has 18 heavy (non-hydrogen) atoms. The van der Waals surface area contributed by atoms with Crippen LogP contribution < -0.4 is 5.32 Å². The summed E-state index contributed by atoms with van der Waals surface area (Å²) < 4.78 is 0. The van der Waals surface area contributed by atoms with Crippen molar-refractivity contribution in [2.45, 2.75) is 32.0 Å². The Kier molecular flexibility index (Phi) is 2.84. The van der Waals surface area contributed by atoms with E-state index in [4.69, 9.17) is 0 Å². The van der Waals surface area contributed by atoms with E-state index in [2.05, 4.69) is 5.32 Å². The van der Waals surface area contributed by atoms with Gasteiger partial charge in [-0.25, -0.2) is 0 Å². The molecule has 2 atom stereocenters. The smallest absolute Gasteiger partial charge is 0.256 e. The minimum Gasteiger partial charge on any atom is -0.369 e. The third kappa shape index (κ3) is 1.72. The molecule has 1 unspecified atom stereocenters. The standard InChI is InChI=1S/C14H18N2O2/c1-9-4-5-11-12(7-9)14(18)16(13(11)17)10-3-2-6-15-8-10/h4-5,7,10,14-15,18H,2-3,6,8H2,1H3/t10-,14?/m0/s1. The van der Waals surface area contributed by atoms with E-state index in [-0.39, 0.29) is 11.9 Å². The van der Waals surface area contributed by atoms with Crippen LogP contribution in [0, 0.1) is 6.92 Å². The molecule has 3 rings (SSSR count). The van der Waals surface area contributed by atoms with E-state index in [0.29, 0.717) is 5.56 Å². The van der Waals surface area contributed by atoms with Gasteiger partial charge in [0.05, 0.1) is 0 Å². The van der Waals surface area contributed by atoms with Crippen LogP contribution in [0.3, 0.4) is 0 Å². The second-order valence-corrected chi connectivity index (χ2v) is 5.18. The van der Waals surface area contributed by atoms with Crippen molar-refractivity contribution in [3.8, 4) is 0 Å². The molecule has 1 aromatic carbocycles. The summed E-state index contributed by atoms with van der Waals surface area (Å²) in [7, 11) is 0. The Labute approximate surface area is 107 Å². The summed E-state index contributed by atoms with van der Waals surface area (Å²) in [5.41, 5.74) is 2.48. The first-order valence-corrected chi connectivity index (χ1v) is 6.50. The summed E-state index contributed by atoms with van der Waals surface area (Å²) in [4.78, 5) is 14.0. The van der Waals surface area contributed by atoms with Gasteiger partial charge in [0.15, 0.2) is 6.23 Å². The van der Waals surface area contributed by atoms with Crippen LogP contribution in [-0.4, -0.2) is 35.0 Å². The van der Waals surface area contributed by atoms with E-state index in [1.54, 1.807) is 4.90 Å². The SMILES string of the molecule is Cc1ccc2c(c1)C(O)N([C@H]1CCCNC1)C2=O. The van der Waals surface area contributed by atoms with Gasteiger partial charge in [0.1, 0.15) is 0 Å². The number of carbonyl (C=O) groups excluding carboxylic acids is 1. The molecule has 2 heterocycles. The van der Waals surface area contributed by atoms with Crippen molar-refractivity contribution in [1.29, 1.82) is 0 Å². The number of rotatable bonds is 1. The van der Waals surface area contributed by atoms with Gasteiger partial charge in [0, 0.05) is 23.7 Å². The number of nitrogens with one attached hydrogen (secondary N) is 1. The molecule has 0 aromatic heterocycles. The minimum atomic E-state index is -0.780. The van der Waals surface area contributed by atoms with Gasteiger partial charge in [-0.3, -0.25) is 4.79 Å². The van der Waals surface area contributed by atoms with E-state index in [1.165, 1.54) is 0 Å². The molecule has 96 valence electrons. The van der Waals surface area contributed by atoms with Crippen molar-refractivity contribution in [2.24, 2.45) is 0 Å². The second-order valence-electron chi connectivity index (χ2n) is 5.18. The maximum atomic E-state index is 12.4. The number of hydrogen-bond acceptors (Lipinski definition) is 3. The number of hydrogen-bond donors (Lipinski definition) is 2. The highest BCUT2D eigenvalue weighted by atomic mass is 16.3. The number of nitrogens with zero attached hydrogens (tertiary/aromatic N) is 1. The van der Waals surface area contributed by atoms with Crippen LogP contribution in [-0.2, 0) is 0 Å². The summed E-state index contributed by atoms with van der Waals surface area (Å²) in [5.74, 6) is -0.0359. The fourth-order valence-corrected chi connectivity index (χ4v) is 2.93. The highest BCUT2D eigenvalue weighted by molar-refractivity contribution is 5.99. The zero-order valence-electron chi connectivity index (χ0n) is 10.5. The first-order valence-electron chi connectivity index (χ1n) is 6.50. The number of benzene rings is 1. The van der Waals surface area contributed by atoms with Gasteiger partial charge < -0.3 is 15.3 Å². The minimum absolute atomic E-state index is 0.0359. The third-order valence-electron chi connectivity index (χ3n) is 3.88. The Bertz CT molecular complexity index is 481. The molecule has 4 heteroatoms. The van der Waals surface area contributed by atoms with Gasteiger partial charge in [-0.15, -0.1) is 0 Å². The fraction of sp³-hybridized carbons (Fsp3) is 0.500. The van der Waals surface area contributed by atoms with Gasteiger partial charge >= 0.3 is 0 Å². The molecule has 1 saturated heterocycles. The average Bonchev–Trinajstić information content (AvgIpc) is 2.63. The highest BCUT2D eigenvalue weighted by Gasteiger charge is 2.39. The van der Waals surface area contributed by atoms with Crippen molar-refractivity contribution in [2.75, 3.05) is 13.1 Å². The number of piperidine rings is 1. The number of aliphatic hydroxyl groups excluding tert-OH is 1. The largest absolute Gasteiger partial charge is 0.369 e. The first-order chi connectivity index (χ1) is 8.68. The zero-order chi connectivity index (χ0) is 12.7. The van der Waals surface area contributed by atoms with Gasteiger partial charge in [-0.2, -0.15) is 0 Å². The summed E-state index contributed by atoms with van der Waals surface area (Å²) >= 11 is 0. The van der Waals surface area contributed by atoms with E-state index in [0.717, 1.165) is 37.1 Å². The lowest BCUT2D eigenvalue weighted by Crippen LogP contribution is -2.47. The molecule has 2 aliphatic rings. The maximum Gasteiger partial charge on any atom is 0.256 e. The molecule has 1 fully saturated rings. The van der Waals surface area contributed by atoms with Crippen LogP contribution in [0.5, 0.6) is 0 Å². The number of fused-ring (bicyclic) bond motifs is 1. The van der Waals surface area contributed by atoms with Crippen molar-refractivity contribution in [3.63, 3.8) is 0 Å².